The van der Waals surface area contributed by atoms with Gasteiger partial charge in [0, 0.05) is 12.4 Å². The zero-order valence-corrected chi connectivity index (χ0v) is 9.83. The number of hydrogen-bond acceptors (Lipinski definition) is 4. The highest BCUT2D eigenvalue weighted by Crippen LogP contribution is 2.09. The highest BCUT2D eigenvalue weighted by Gasteiger charge is 2.06. The Labute approximate surface area is 104 Å². The number of Topliss-reactive ketones (excluding diaryl/α,β-unsaturated/α-hetero) is 1. The highest BCUT2D eigenvalue weighted by atomic mass is 16.2. The summed E-state index contributed by atoms with van der Waals surface area (Å²) in [6.07, 6.45) is 4.83. The first-order valence-electron chi connectivity index (χ1n) is 5.40. The quantitative estimate of drug-likeness (QED) is 0.819. The molecule has 0 aliphatic carbocycles. The summed E-state index contributed by atoms with van der Waals surface area (Å²) in [5, 5.41) is 6.63. The largest absolute Gasteiger partial charge is 0.324 e. The van der Waals surface area contributed by atoms with E-state index in [1.54, 1.807) is 35.3 Å². The molecule has 0 saturated heterocycles. The van der Waals surface area contributed by atoms with Gasteiger partial charge in [-0.25, -0.2) is 9.67 Å². The van der Waals surface area contributed by atoms with Crippen LogP contribution >= 0.6 is 0 Å². The molecule has 0 bridgehead atoms. The molecule has 2 rings (SSSR count). The molecule has 0 atom stereocenters. The van der Waals surface area contributed by atoms with E-state index in [9.17, 15) is 9.59 Å². The van der Waals surface area contributed by atoms with Crippen molar-refractivity contribution in [3.63, 3.8) is 0 Å². The van der Waals surface area contributed by atoms with E-state index in [1.807, 2.05) is 0 Å². The lowest BCUT2D eigenvalue weighted by Crippen LogP contribution is -2.15. The minimum Gasteiger partial charge on any atom is -0.324 e. The Kier molecular flexibility index (Phi) is 3.47. The maximum atomic E-state index is 11.4. The topological polar surface area (TPSA) is 76.9 Å². The standard InChI is InChI=1S/C12H12N4O2/c1-9(17)7-12(18)15-10-3-4-11(13-8-10)16-6-2-5-14-16/h2-6,8H,7H2,1H3,(H,15,18). The number of ketones is 1. The van der Waals surface area contributed by atoms with E-state index in [2.05, 4.69) is 15.4 Å². The lowest BCUT2D eigenvalue weighted by atomic mass is 10.3. The molecule has 0 saturated carbocycles. The number of nitrogens with one attached hydrogen (secondary N) is 1. The van der Waals surface area contributed by atoms with Crippen molar-refractivity contribution in [3.05, 3.63) is 36.8 Å². The smallest absolute Gasteiger partial charge is 0.231 e. The summed E-state index contributed by atoms with van der Waals surface area (Å²) in [5.74, 6) is 0.148. The maximum absolute atomic E-state index is 11.4. The zero-order valence-electron chi connectivity index (χ0n) is 9.83. The molecule has 1 N–H and O–H groups in total. The number of rotatable bonds is 4. The van der Waals surface area contributed by atoms with Crippen molar-refractivity contribution in [2.24, 2.45) is 0 Å². The van der Waals surface area contributed by atoms with Crippen LogP contribution < -0.4 is 5.32 Å². The first-order valence-corrected chi connectivity index (χ1v) is 5.40. The molecule has 6 nitrogen and oxygen atoms in total. The number of amides is 1. The molecule has 0 fully saturated rings. The molecular formula is C12H12N4O2. The predicted molar refractivity (Wildman–Crippen MR) is 65.3 cm³/mol. The van der Waals surface area contributed by atoms with Crippen molar-refractivity contribution in [1.82, 2.24) is 14.8 Å². The van der Waals surface area contributed by atoms with E-state index in [4.69, 9.17) is 0 Å². The molecule has 6 heteroatoms. The van der Waals surface area contributed by atoms with Crippen LogP contribution in [0.15, 0.2) is 36.8 Å². The van der Waals surface area contributed by atoms with Crippen molar-refractivity contribution < 1.29 is 9.59 Å². The molecule has 0 aromatic carbocycles. The van der Waals surface area contributed by atoms with Gasteiger partial charge in [0.15, 0.2) is 5.82 Å². The molecule has 0 aliphatic rings. The second-order valence-corrected chi connectivity index (χ2v) is 3.78. The predicted octanol–water partition coefficient (Wildman–Crippen LogP) is 1.18. The van der Waals surface area contributed by atoms with Crippen LogP contribution in [0, 0.1) is 0 Å². The van der Waals surface area contributed by atoms with Gasteiger partial charge < -0.3 is 5.32 Å². The fourth-order valence-corrected chi connectivity index (χ4v) is 1.43. The van der Waals surface area contributed by atoms with Crippen LogP contribution in [0.1, 0.15) is 13.3 Å². The van der Waals surface area contributed by atoms with Gasteiger partial charge in [0.05, 0.1) is 18.3 Å². The molecular weight excluding hydrogens is 232 g/mol. The minimum atomic E-state index is -0.337. The van der Waals surface area contributed by atoms with Crippen LogP contribution in [0.3, 0.4) is 0 Å². The van der Waals surface area contributed by atoms with Gasteiger partial charge in [0.2, 0.25) is 5.91 Å². The number of carbonyl (C=O) groups excluding carboxylic acids is 2. The van der Waals surface area contributed by atoms with Gasteiger partial charge in [-0.3, -0.25) is 9.59 Å². The van der Waals surface area contributed by atoms with E-state index < -0.39 is 0 Å². The molecule has 1 amide bonds. The van der Waals surface area contributed by atoms with E-state index in [0.717, 1.165) is 0 Å². The van der Waals surface area contributed by atoms with Crippen molar-refractivity contribution in [2.45, 2.75) is 13.3 Å². The van der Waals surface area contributed by atoms with Gasteiger partial charge in [-0.2, -0.15) is 5.10 Å². The van der Waals surface area contributed by atoms with E-state index >= 15 is 0 Å². The number of hydrogen-bond donors (Lipinski definition) is 1. The summed E-state index contributed by atoms with van der Waals surface area (Å²) in [4.78, 5) is 26.3. The number of aromatic nitrogens is 3. The van der Waals surface area contributed by atoms with Crippen molar-refractivity contribution in [3.8, 4) is 5.82 Å². The summed E-state index contributed by atoms with van der Waals surface area (Å²) >= 11 is 0. The Morgan fingerprint density at radius 1 is 1.39 bits per heavy atom. The van der Waals surface area contributed by atoms with E-state index in [0.29, 0.717) is 11.5 Å². The molecule has 2 aromatic heterocycles. The minimum absolute atomic E-state index is 0.124. The second kappa shape index (κ2) is 5.22. The third kappa shape index (κ3) is 3.00. The van der Waals surface area contributed by atoms with Crippen LogP contribution in [0.5, 0.6) is 0 Å². The summed E-state index contributed by atoms with van der Waals surface area (Å²) in [6.45, 7) is 1.37. The zero-order chi connectivity index (χ0) is 13.0. The van der Waals surface area contributed by atoms with Gasteiger partial charge >= 0.3 is 0 Å². The summed E-state index contributed by atoms with van der Waals surface area (Å²) in [6, 6.07) is 5.24. The lowest BCUT2D eigenvalue weighted by Gasteiger charge is -2.04. The second-order valence-electron chi connectivity index (χ2n) is 3.78. The van der Waals surface area contributed by atoms with Crippen LogP contribution in [-0.2, 0) is 9.59 Å². The molecule has 92 valence electrons. The Hall–Kier alpha value is -2.50. The SMILES string of the molecule is CC(=O)CC(=O)Nc1ccc(-n2cccn2)nc1. The van der Waals surface area contributed by atoms with Crippen molar-refractivity contribution >= 4 is 17.4 Å². The molecule has 0 aliphatic heterocycles. The van der Waals surface area contributed by atoms with E-state index in [-0.39, 0.29) is 18.1 Å². The van der Waals surface area contributed by atoms with E-state index in [1.165, 1.54) is 13.1 Å². The van der Waals surface area contributed by atoms with Gasteiger partial charge in [-0.15, -0.1) is 0 Å². The van der Waals surface area contributed by atoms with Gasteiger partial charge in [-0.1, -0.05) is 0 Å². The summed E-state index contributed by atoms with van der Waals surface area (Å²) in [7, 11) is 0. The first kappa shape index (κ1) is 12.0. The Morgan fingerprint density at radius 2 is 2.22 bits per heavy atom. The number of carbonyl (C=O) groups is 2. The third-order valence-corrected chi connectivity index (χ3v) is 2.18. The lowest BCUT2D eigenvalue weighted by molar-refractivity contribution is -0.124. The summed E-state index contributed by atoms with van der Waals surface area (Å²) in [5.41, 5.74) is 0.553. The van der Waals surface area contributed by atoms with Gasteiger partial charge in [-0.05, 0) is 25.1 Å². The number of nitrogens with zero attached hydrogens (tertiary/aromatic N) is 3. The summed E-state index contributed by atoms with van der Waals surface area (Å²) < 4.78 is 1.61. The first-order chi connectivity index (χ1) is 8.65. The fraction of sp³-hybridized carbons (Fsp3) is 0.167. The van der Waals surface area contributed by atoms with Crippen LogP contribution in [0.4, 0.5) is 5.69 Å². The number of anilines is 1. The third-order valence-electron chi connectivity index (χ3n) is 2.18. The number of pyridine rings is 1. The average molecular weight is 244 g/mol. The molecule has 0 spiro atoms. The van der Waals surface area contributed by atoms with Crippen molar-refractivity contribution in [2.75, 3.05) is 5.32 Å². The Morgan fingerprint density at radius 3 is 2.78 bits per heavy atom. The molecule has 0 unspecified atom stereocenters. The van der Waals surface area contributed by atoms with Crippen LogP contribution in [0.25, 0.3) is 5.82 Å². The molecule has 0 radical (unpaired) electrons. The van der Waals surface area contributed by atoms with Crippen molar-refractivity contribution in [1.29, 1.82) is 0 Å². The monoisotopic (exact) mass is 244 g/mol. The normalized spacial score (nSPS) is 10.1. The maximum Gasteiger partial charge on any atom is 0.231 e. The molecule has 18 heavy (non-hydrogen) atoms. The fourth-order valence-electron chi connectivity index (χ4n) is 1.43. The highest BCUT2D eigenvalue weighted by molar-refractivity contribution is 6.03. The Balaban J connectivity index is 2.04. The van der Waals surface area contributed by atoms with Crippen LogP contribution in [-0.4, -0.2) is 26.5 Å². The molecule has 2 heterocycles. The Bertz CT molecular complexity index is 546. The van der Waals surface area contributed by atoms with Crippen LogP contribution in [0.2, 0.25) is 0 Å². The molecule has 2 aromatic rings. The average Bonchev–Trinajstić information content (AvgIpc) is 2.82. The van der Waals surface area contributed by atoms with Gasteiger partial charge in [0.25, 0.3) is 0 Å². The van der Waals surface area contributed by atoms with Gasteiger partial charge in [0.1, 0.15) is 5.78 Å².